The van der Waals surface area contributed by atoms with Crippen molar-refractivity contribution in [3.8, 4) is 0 Å². The number of rotatable bonds is 8. The van der Waals surface area contributed by atoms with Crippen molar-refractivity contribution in [1.82, 2.24) is 9.88 Å². The van der Waals surface area contributed by atoms with Gasteiger partial charge in [-0.2, -0.15) is 0 Å². The van der Waals surface area contributed by atoms with Gasteiger partial charge in [0.05, 0.1) is 6.61 Å². The van der Waals surface area contributed by atoms with E-state index in [9.17, 15) is 5.11 Å². The highest BCUT2D eigenvalue weighted by Crippen LogP contribution is 2.15. The Morgan fingerprint density at radius 1 is 1.47 bits per heavy atom. The third-order valence-corrected chi connectivity index (χ3v) is 3.37. The lowest BCUT2D eigenvalue weighted by Gasteiger charge is -2.30. The Labute approximate surface area is 115 Å². The molecule has 0 amide bonds. The van der Waals surface area contributed by atoms with E-state index >= 15 is 0 Å². The molecule has 4 N–H and O–H groups in total. The molecule has 0 saturated carbocycles. The highest BCUT2D eigenvalue weighted by atomic mass is 16.3. The van der Waals surface area contributed by atoms with Crippen LogP contribution in [0.1, 0.15) is 37.9 Å². The molecule has 1 aromatic rings. The van der Waals surface area contributed by atoms with E-state index in [0.29, 0.717) is 24.8 Å². The molecule has 0 aliphatic carbocycles. The van der Waals surface area contributed by atoms with Crippen molar-refractivity contribution in [1.29, 1.82) is 5.41 Å². The minimum absolute atomic E-state index is 0.0101. The normalized spacial score (nSPS) is 11.2. The molecule has 0 aliphatic heterocycles. The molecule has 1 rings (SSSR count). The van der Waals surface area contributed by atoms with Gasteiger partial charge in [-0.1, -0.05) is 19.9 Å². The topological polar surface area (TPSA) is 86.2 Å². The van der Waals surface area contributed by atoms with Crippen LogP contribution in [0.4, 0.5) is 0 Å². The largest absolute Gasteiger partial charge is 0.395 e. The van der Waals surface area contributed by atoms with E-state index in [2.05, 4.69) is 23.7 Å². The highest BCUT2D eigenvalue weighted by molar-refractivity contribution is 5.94. The van der Waals surface area contributed by atoms with Crippen LogP contribution in [0, 0.1) is 5.41 Å². The summed E-state index contributed by atoms with van der Waals surface area (Å²) in [4.78, 5) is 6.39. The van der Waals surface area contributed by atoms with E-state index in [1.165, 1.54) is 0 Å². The van der Waals surface area contributed by atoms with Crippen molar-refractivity contribution in [3.63, 3.8) is 0 Å². The Bertz CT molecular complexity index is 404. The zero-order valence-corrected chi connectivity index (χ0v) is 11.8. The van der Waals surface area contributed by atoms with Gasteiger partial charge in [0, 0.05) is 25.3 Å². The van der Waals surface area contributed by atoms with Crippen LogP contribution < -0.4 is 5.73 Å². The van der Waals surface area contributed by atoms with Crippen LogP contribution in [-0.4, -0.2) is 40.0 Å². The molecular formula is C14H24N4O. The van der Waals surface area contributed by atoms with Gasteiger partial charge in [0.1, 0.15) is 11.5 Å². The van der Waals surface area contributed by atoms with E-state index in [1.54, 1.807) is 6.20 Å². The first kappa shape index (κ1) is 15.6. The standard InChI is InChI=1S/C14H24N4O/c1-3-12(4-2)18(8-9-19)10-11-6-5-7-17-13(11)14(15)16/h5-7,12,19H,3-4,8-10H2,1-2H3,(H3,15,16). The van der Waals surface area contributed by atoms with Crippen LogP contribution in [0.3, 0.4) is 0 Å². The van der Waals surface area contributed by atoms with Crippen LogP contribution in [0.25, 0.3) is 0 Å². The molecule has 0 fully saturated rings. The van der Waals surface area contributed by atoms with Gasteiger partial charge >= 0.3 is 0 Å². The lowest BCUT2D eigenvalue weighted by Crippen LogP contribution is -2.36. The van der Waals surface area contributed by atoms with Gasteiger partial charge in [0.25, 0.3) is 0 Å². The second kappa shape index (κ2) is 7.86. The van der Waals surface area contributed by atoms with Crippen LogP contribution >= 0.6 is 0 Å². The number of nitrogens with two attached hydrogens (primary N) is 1. The van der Waals surface area contributed by atoms with Gasteiger partial charge in [0.2, 0.25) is 0 Å². The summed E-state index contributed by atoms with van der Waals surface area (Å²) in [5.74, 6) is -0.0101. The number of nitrogens with one attached hydrogen (secondary N) is 1. The van der Waals surface area contributed by atoms with Crippen molar-refractivity contribution >= 4 is 5.84 Å². The number of pyridine rings is 1. The maximum absolute atomic E-state index is 9.21. The fraction of sp³-hybridized carbons (Fsp3) is 0.571. The van der Waals surface area contributed by atoms with Gasteiger partial charge < -0.3 is 10.8 Å². The molecule has 0 aliphatic rings. The fourth-order valence-corrected chi connectivity index (χ4v) is 2.35. The molecule has 5 nitrogen and oxygen atoms in total. The Hall–Kier alpha value is -1.46. The lowest BCUT2D eigenvalue weighted by atomic mass is 10.1. The number of aliphatic hydroxyl groups excluding tert-OH is 1. The summed E-state index contributed by atoms with van der Waals surface area (Å²) in [6.07, 6.45) is 3.71. The van der Waals surface area contributed by atoms with Crippen molar-refractivity contribution in [2.75, 3.05) is 13.2 Å². The summed E-state index contributed by atoms with van der Waals surface area (Å²) in [6.45, 7) is 5.71. The van der Waals surface area contributed by atoms with Crippen molar-refractivity contribution in [2.24, 2.45) is 5.73 Å². The molecule has 0 atom stereocenters. The SMILES string of the molecule is CCC(CC)N(CCO)Cc1cccnc1C(=N)N. The predicted molar refractivity (Wildman–Crippen MR) is 77.1 cm³/mol. The molecule has 5 heteroatoms. The van der Waals surface area contributed by atoms with E-state index < -0.39 is 0 Å². The van der Waals surface area contributed by atoms with E-state index in [-0.39, 0.29) is 12.4 Å². The fourth-order valence-electron chi connectivity index (χ4n) is 2.35. The molecule has 0 bridgehead atoms. The smallest absolute Gasteiger partial charge is 0.142 e. The summed E-state index contributed by atoms with van der Waals surface area (Å²) >= 11 is 0. The third-order valence-electron chi connectivity index (χ3n) is 3.37. The summed E-state index contributed by atoms with van der Waals surface area (Å²) in [6, 6.07) is 4.22. The number of aromatic nitrogens is 1. The number of aliphatic hydroxyl groups is 1. The van der Waals surface area contributed by atoms with Crippen LogP contribution in [0.2, 0.25) is 0 Å². The monoisotopic (exact) mass is 264 g/mol. The zero-order chi connectivity index (χ0) is 14.3. The minimum atomic E-state index is -0.0101. The van der Waals surface area contributed by atoms with Crippen molar-refractivity contribution in [2.45, 2.75) is 39.3 Å². The molecule has 1 heterocycles. The molecule has 106 valence electrons. The van der Waals surface area contributed by atoms with Gasteiger partial charge in [-0.15, -0.1) is 0 Å². The molecular weight excluding hydrogens is 240 g/mol. The summed E-state index contributed by atoms with van der Waals surface area (Å²) < 4.78 is 0. The Kier molecular flexibility index (Phi) is 6.45. The average Bonchev–Trinajstić information content (AvgIpc) is 2.40. The quantitative estimate of drug-likeness (QED) is 0.488. The van der Waals surface area contributed by atoms with Crippen LogP contribution in [0.5, 0.6) is 0 Å². The Morgan fingerprint density at radius 2 is 2.16 bits per heavy atom. The van der Waals surface area contributed by atoms with E-state index in [4.69, 9.17) is 11.1 Å². The molecule has 1 aromatic heterocycles. The predicted octanol–water partition coefficient (Wildman–Crippen LogP) is 1.35. The number of nitrogens with zero attached hydrogens (tertiary/aromatic N) is 2. The molecule has 0 unspecified atom stereocenters. The first-order valence-electron chi connectivity index (χ1n) is 6.77. The van der Waals surface area contributed by atoms with Gasteiger partial charge in [-0.3, -0.25) is 15.3 Å². The van der Waals surface area contributed by atoms with Crippen molar-refractivity contribution < 1.29 is 5.11 Å². The average molecular weight is 264 g/mol. The Balaban J connectivity index is 2.93. The second-order valence-corrected chi connectivity index (χ2v) is 4.59. The van der Waals surface area contributed by atoms with E-state index in [0.717, 1.165) is 18.4 Å². The first-order valence-corrected chi connectivity index (χ1v) is 6.77. The number of hydrogen-bond donors (Lipinski definition) is 3. The maximum atomic E-state index is 9.21. The first-order chi connectivity index (χ1) is 9.13. The maximum Gasteiger partial charge on any atom is 0.142 e. The molecule has 0 saturated heterocycles. The lowest BCUT2D eigenvalue weighted by molar-refractivity contribution is 0.136. The molecule has 19 heavy (non-hydrogen) atoms. The summed E-state index contributed by atoms with van der Waals surface area (Å²) in [5, 5.41) is 16.8. The van der Waals surface area contributed by atoms with Crippen molar-refractivity contribution in [3.05, 3.63) is 29.6 Å². The number of hydrogen-bond acceptors (Lipinski definition) is 4. The van der Waals surface area contributed by atoms with Crippen LogP contribution in [0.15, 0.2) is 18.3 Å². The Morgan fingerprint density at radius 3 is 2.68 bits per heavy atom. The molecule has 0 spiro atoms. The second-order valence-electron chi connectivity index (χ2n) is 4.59. The number of amidine groups is 1. The highest BCUT2D eigenvalue weighted by Gasteiger charge is 2.17. The van der Waals surface area contributed by atoms with Crippen LogP contribution in [-0.2, 0) is 6.54 Å². The third kappa shape index (κ3) is 4.29. The van der Waals surface area contributed by atoms with Gasteiger partial charge in [0.15, 0.2) is 0 Å². The molecule has 0 aromatic carbocycles. The minimum Gasteiger partial charge on any atom is -0.395 e. The van der Waals surface area contributed by atoms with Gasteiger partial charge in [-0.25, -0.2) is 0 Å². The zero-order valence-electron chi connectivity index (χ0n) is 11.8. The summed E-state index contributed by atoms with van der Waals surface area (Å²) in [5.41, 5.74) is 7.04. The molecule has 0 radical (unpaired) electrons. The van der Waals surface area contributed by atoms with Gasteiger partial charge in [-0.05, 0) is 24.5 Å². The number of nitrogen functional groups attached to an aromatic ring is 1. The summed E-state index contributed by atoms with van der Waals surface area (Å²) in [7, 11) is 0. The van der Waals surface area contributed by atoms with E-state index in [1.807, 2.05) is 12.1 Å².